The summed E-state index contributed by atoms with van der Waals surface area (Å²) in [5.74, 6) is -1.96. The normalized spacial score (nSPS) is 18.6. The van der Waals surface area contributed by atoms with Crippen molar-refractivity contribution in [3.63, 3.8) is 0 Å². The van der Waals surface area contributed by atoms with Crippen LogP contribution in [0.15, 0.2) is 12.7 Å². The first-order valence-electron chi connectivity index (χ1n) is 6.05. The summed E-state index contributed by atoms with van der Waals surface area (Å²) in [6.45, 7) is 3.00. The van der Waals surface area contributed by atoms with E-state index in [1.807, 2.05) is 0 Å². The predicted molar refractivity (Wildman–Crippen MR) is 68.7 cm³/mol. The van der Waals surface area contributed by atoms with Crippen LogP contribution < -0.4 is 5.32 Å². The average molecular weight is 283 g/mol. The number of carbonyl (C=O) groups excluding carboxylic acids is 3. The summed E-state index contributed by atoms with van der Waals surface area (Å²) in [5.41, 5.74) is 0. The molecule has 1 saturated heterocycles. The number of rotatable bonds is 5. The number of hydrogen-bond donors (Lipinski definition) is 2. The maximum Gasteiger partial charge on any atom is 0.323 e. The highest BCUT2D eigenvalue weighted by Gasteiger charge is 2.33. The maximum atomic E-state index is 11.9. The van der Waals surface area contributed by atoms with E-state index in [-0.39, 0.29) is 25.3 Å². The van der Waals surface area contributed by atoms with Gasteiger partial charge in [-0.1, -0.05) is 6.08 Å². The fourth-order valence-electron chi connectivity index (χ4n) is 1.83. The summed E-state index contributed by atoms with van der Waals surface area (Å²) in [6, 6.07) is -1.49. The molecule has 0 aromatic carbocycles. The van der Waals surface area contributed by atoms with Gasteiger partial charge in [0, 0.05) is 20.0 Å². The molecule has 0 aromatic heterocycles. The number of carboxylic acids is 1. The second-order valence-corrected chi connectivity index (χ2v) is 4.39. The van der Waals surface area contributed by atoms with E-state index in [1.165, 1.54) is 13.1 Å². The van der Waals surface area contributed by atoms with Crippen LogP contribution in [0.5, 0.6) is 0 Å². The molecule has 1 fully saturated rings. The minimum Gasteiger partial charge on any atom is -0.480 e. The summed E-state index contributed by atoms with van der Waals surface area (Å²) in [5, 5.41) is 11.2. The fourth-order valence-corrected chi connectivity index (χ4v) is 1.83. The summed E-state index contributed by atoms with van der Waals surface area (Å²) >= 11 is 0. The van der Waals surface area contributed by atoms with E-state index < -0.39 is 30.5 Å². The van der Waals surface area contributed by atoms with Crippen LogP contribution in [0.1, 0.15) is 12.8 Å². The Morgan fingerprint density at radius 2 is 2.20 bits per heavy atom. The molecule has 20 heavy (non-hydrogen) atoms. The minimum atomic E-state index is -1.16. The van der Waals surface area contributed by atoms with Crippen molar-refractivity contribution >= 4 is 23.8 Å². The monoisotopic (exact) mass is 283 g/mol. The number of aliphatic carboxylic acids is 1. The summed E-state index contributed by atoms with van der Waals surface area (Å²) in [4.78, 5) is 47.7. The third-order valence-corrected chi connectivity index (χ3v) is 2.91. The highest BCUT2D eigenvalue weighted by Crippen LogP contribution is 2.11. The van der Waals surface area contributed by atoms with Crippen LogP contribution in [0.3, 0.4) is 0 Å². The van der Waals surface area contributed by atoms with Crippen LogP contribution >= 0.6 is 0 Å². The molecular weight excluding hydrogens is 266 g/mol. The quantitative estimate of drug-likeness (QED) is 0.518. The first-order valence-corrected chi connectivity index (χ1v) is 6.05. The molecule has 1 aliphatic rings. The molecule has 0 spiro atoms. The van der Waals surface area contributed by atoms with Gasteiger partial charge in [-0.15, -0.1) is 6.58 Å². The first-order chi connectivity index (χ1) is 9.36. The lowest BCUT2D eigenvalue weighted by Gasteiger charge is -2.30. The third kappa shape index (κ3) is 3.81. The lowest BCUT2D eigenvalue weighted by atomic mass is 10.1. The van der Waals surface area contributed by atoms with Crippen LogP contribution in [0, 0.1) is 0 Å². The number of likely N-dealkylation sites (N-methyl/N-ethyl adjacent to an activating group) is 1. The Labute approximate surface area is 116 Å². The Morgan fingerprint density at radius 1 is 1.55 bits per heavy atom. The van der Waals surface area contributed by atoms with Crippen molar-refractivity contribution in [2.45, 2.75) is 18.9 Å². The Bertz CT molecular complexity index is 448. The summed E-state index contributed by atoms with van der Waals surface area (Å²) in [7, 11) is 1.35. The van der Waals surface area contributed by atoms with Crippen molar-refractivity contribution < 1.29 is 24.3 Å². The van der Waals surface area contributed by atoms with Gasteiger partial charge in [0.15, 0.2) is 0 Å². The molecule has 0 radical (unpaired) electrons. The molecule has 8 nitrogen and oxygen atoms in total. The minimum absolute atomic E-state index is 0.0494. The van der Waals surface area contributed by atoms with Crippen molar-refractivity contribution in [1.82, 2.24) is 15.1 Å². The summed E-state index contributed by atoms with van der Waals surface area (Å²) < 4.78 is 0. The lowest BCUT2D eigenvalue weighted by Crippen LogP contribution is -2.56. The van der Waals surface area contributed by atoms with Crippen molar-refractivity contribution in [3.05, 3.63) is 12.7 Å². The highest BCUT2D eigenvalue weighted by atomic mass is 16.4. The van der Waals surface area contributed by atoms with Gasteiger partial charge in [-0.25, -0.2) is 4.79 Å². The van der Waals surface area contributed by atoms with Crippen molar-refractivity contribution in [3.8, 4) is 0 Å². The standard InChI is InChI=1S/C12H17N3O5/c1-3-6-15(7-10(17)18)12(20)13-8-4-5-9(16)14(2)11(8)19/h3,8H,1,4-7H2,2H3,(H,13,20)(H,17,18). The van der Waals surface area contributed by atoms with Crippen molar-refractivity contribution in [2.75, 3.05) is 20.1 Å². The van der Waals surface area contributed by atoms with Crippen LogP contribution in [-0.2, 0) is 14.4 Å². The largest absolute Gasteiger partial charge is 0.480 e. The van der Waals surface area contributed by atoms with Crippen LogP contribution in [0.2, 0.25) is 0 Å². The van der Waals surface area contributed by atoms with Gasteiger partial charge in [0.2, 0.25) is 5.91 Å². The molecule has 4 amide bonds. The number of nitrogens with zero attached hydrogens (tertiary/aromatic N) is 2. The highest BCUT2D eigenvalue weighted by molar-refractivity contribution is 6.01. The zero-order valence-corrected chi connectivity index (χ0v) is 11.2. The van der Waals surface area contributed by atoms with E-state index in [1.54, 1.807) is 0 Å². The zero-order chi connectivity index (χ0) is 15.3. The van der Waals surface area contributed by atoms with E-state index in [2.05, 4.69) is 11.9 Å². The van der Waals surface area contributed by atoms with E-state index in [9.17, 15) is 19.2 Å². The molecule has 0 aliphatic carbocycles. The number of urea groups is 1. The zero-order valence-electron chi connectivity index (χ0n) is 11.2. The van der Waals surface area contributed by atoms with Gasteiger partial charge >= 0.3 is 12.0 Å². The molecule has 1 heterocycles. The molecule has 8 heteroatoms. The topological polar surface area (TPSA) is 107 Å². The Morgan fingerprint density at radius 3 is 2.75 bits per heavy atom. The van der Waals surface area contributed by atoms with E-state index in [4.69, 9.17) is 5.11 Å². The van der Waals surface area contributed by atoms with Gasteiger partial charge in [-0.3, -0.25) is 19.3 Å². The Balaban J connectivity index is 2.67. The molecule has 0 saturated carbocycles. The molecular formula is C12H17N3O5. The second-order valence-electron chi connectivity index (χ2n) is 4.39. The van der Waals surface area contributed by atoms with Gasteiger partial charge in [-0.05, 0) is 6.42 Å². The Kier molecular flexibility index (Phi) is 5.24. The van der Waals surface area contributed by atoms with E-state index in [0.29, 0.717) is 0 Å². The smallest absolute Gasteiger partial charge is 0.323 e. The molecule has 0 aromatic rings. The number of amides is 4. The first kappa shape index (κ1) is 15.7. The molecule has 1 atom stereocenters. The van der Waals surface area contributed by atoms with Gasteiger partial charge < -0.3 is 15.3 Å². The van der Waals surface area contributed by atoms with Gasteiger partial charge in [-0.2, -0.15) is 0 Å². The molecule has 110 valence electrons. The van der Waals surface area contributed by atoms with Gasteiger partial charge in [0.1, 0.15) is 12.6 Å². The van der Waals surface area contributed by atoms with E-state index >= 15 is 0 Å². The van der Waals surface area contributed by atoms with Crippen LogP contribution in [0.25, 0.3) is 0 Å². The lowest BCUT2D eigenvalue weighted by molar-refractivity contribution is -0.147. The molecule has 2 N–H and O–H groups in total. The SMILES string of the molecule is C=CCN(CC(=O)O)C(=O)NC1CCC(=O)N(C)C1=O. The second kappa shape index (κ2) is 6.69. The number of imide groups is 1. The number of piperidine rings is 1. The maximum absolute atomic E-state index is 11.9. The fraction of sp³-hybridized carbons (Fsp3) is 0.500. The van der Waals surface area contributed by atoms with Gasteiger partial charge in [0.25, 0.3) is 5.91 Å². The molecule has 1 aliphatic heterocycles. The number of likely N-dealkylation sites (tertiary alicyclic amines) is 1. The number of nitrogens with one attached hydrogen (secondary N) is 1. The van der Waals surface area contributed by atoms with Gasteiger partial charge in [0.05, 0.1) is 0 Å². The van der Waals surface area contributed by atoms with Crippen LogP contribution in [0.4, 0.5) is 4.79 Å². The van der Waals surface area contributed by atoms with Crippen molar-refractivity contribution in [2.24, 2.45) is 0 Å². The number of hydrogen-bond acceptors (Lipinski definition) is 4. The predicted octanol–water partition coefficient (Wildman–Crippen LogP) is -0.584. The average Bonchev–Trinajstić information content (AvgIpc) is 2.38. The number of carboxylic acid groups (broad SMARTS) is 1. The van der Waals surface area contributed by atoms with Crippen molar-refractivity contribution in [1.29, 1.82) is 0 Å². The Hall–Kier alpha value is -2.38. The number of carbonyl (C=O) groups is 4. The molecule has 1 unspecified atom stereocenters. The van der Waals surface area contributed by atoms with E-state index in [0.717, 1.165) is 9.80 Å². The van der Waals surface area contributed by atoms with Crippen LogP contribution in [-0.4, -0.2) is 64.9 Å². The molecule has 0 bridgehead atoms. The summed E-state index contributed by atoms with van der Waals surface area (Å²) in [6.07, 6.45) is 1.76. The molecule has 1 rings (SSSR count). The third-order valence-electron chi connectivity index (χ3n) is 2.91.